The van der Waals surface area contributed by atoms with E-state index in [1.165, 1.54) is 0 Å². The molecule has 0 aliphatic carbocycles. The van der Waals surface area contributed by atoms with E-state index in [1.807, 2.05) is 125 Å². The molecule has 2 amide bonds. The molecular formula is C79H84N4O8. The molecule has 12 heteroatoms. The third-order valence-corrected chi connectivity index (χ3v) is 19.2. The van der Waals surface area contributed by atoms with Crippen LogP contribution < -0.4 is 29.1 Å². The third-order valence-electron chi connectivity index (χ3n) is 19.2. The lowest BCUT2D eigenvalue weighted by Crippen LogP contribution is -2.34. The van der Waals surface area contributed by atoms with Gasteiger partial charge < -0.3 is 28.7 Å². The summed E-state index contributed by atoms with van der Waals surface area (Å²) >= 11 is 0. The monoisotopic (exact) mass is 1220 g/mol. The number of hydrogen-bond acceptors (Lipinski definition) is 10. The van der Waals surface area contributed by atoms with E-state index in [0.29, 0.717) is 68.0 Å². The van der Waals surface area contributed by atoms with Crippen molar-refractivity contribution in [3.63, 3.8) is 0 Å². The number of amides is 2. The molecule has 12 rings (SSSR count). The molecule has 4 aliphatic heterocycles. The van der Waals surface area contributed by atoms with Gasteiger partial charge in [0.15, 0.2) is 11.2 Å². The molecule has 2 spiro atoms. The molecule has 0 radical (unpaired) electrons. The fourth-order valence-electron chi connectivity index (χ4n) is 14.0. The number of anilines is 6. The van der Waals surface area contributed by atoms with Gasteiger partial charge in [0.2, 0.25) is 11.8 Å². The summed E-state index contributed by atoms with van der Waals surface area (Å²) in [6, 6.07) is 51.9. The summed E-state index contributed by atoms with van der Waals surface area (Å²) in [7, 11) is 0. The molecule has 0 saturated heterocycles. The van der Waals surface area contributed by atoms with Crippen LogP contribution in [0.2, 0.25) is 0 Å². The molecule has 4 heterocycles. The van der Waals surface area contributed by atoms with Crippen molar-refractivity contribution in [2.45, 2.75) is 150 Å². The van der Waals surface area contributed by atoms with Gasteiger partial charge in [-0.1, -0.05) is 142 Å². The fraction of sp³-hybridized carbons (Fsp3) is 0.342. The Balaban J connectivity index is 0.868. The molecule has 4 aliphatic rings. The molecule has 0 fully saturated rings. The molecule has 0 saturated carbocycles. The SMILES string of the molecule is CCCCN(CCCC)c1ccc2c(c1)Oc1cc(C)c(N(C(=O)CC)c3ccc(C(C)(C)c4ccc(N(C(=O)CC)c5cc6c(cc5C)Oc5cc(N(CCCC)CCCC)ccc5C65OC(=O)c6ccccc65)cc4)cc3)cc1C21OC(=O)c2ccccc21. The van der Waals surface area contributed by atoms with Crippen LogP contribution in [-0.4, -0.2) is 49.9 Å². The molecule has 0 aromatic heterocycles. The molecule has 468 valence electrons. The quantitative estimate of drug-likeness (QED) is 0.0607. The number of carbonyl (C=O) groups excluding carboxylic acids is 4. The van der Waals surface area contributed by atoms with Gasteiger partial charge in [0, 0.05) is 113 Å². The van der Waals surface area contributed by atoms with E-state index < -0.39 is 28.6 Å². The predicted molar refractivity (Wildman–Crippen MR) is 363 cm³/mol. The number of rotatable bonds is 22. The maximum absolute atomic E-state index is 14.5. The standard InChI is InChI=1S/C79H84N4O8/c1-11-17-41-80(42-18-12-2)57-37-39-63-71(47-57)88-69-45-51(7)67(49-65(69)78(63)61-27-23-21-25-59(61)75(86)90-78)82(73(84)15-5)55-33-29-53(30-34-55)77(9,10)54-31-35-56(36-32-54)83(74(85)16-6)68-50-66-70(46-52(68)8)89-72-48-58(81(43-19-13-3)44-20-14-4)38-40-64(72)79(66)62-28-24-22-26-60(62)76(87)91-79/h21-40,45-50H,11-20,41-44H2,1-10H3. The van der Waals surface area contributed by atoms with Crippen molar-refractivity contribution in [2.75, 3.05) is 45.8 Å². The van der Waals surface area contributed by atoms with Crippen LogP contribution in [0, 0.1) is 13.8 Å². The molecule has 0 N–H and O–H groups in total. The number of unbranched alkanes of at least 4 members (excludes halogenated alkanes) is 4. The van der Waals surface area contributed by atoms with Crippen molar-refractivity contribution in [1.29, 1.82) is 0 Å². The van der Waals surface area contributed by atoms with Crippen molar-refractivity contribution < 1.29 is 38.1 Å². The maximum atomic E-state index is 14.5. The highest BCUT2D eigenvalue weighted by Crippen LogP contribution is 2.60. The minimum atomic E-state index is -1.33. The van der Waals surface area contributed by atoms with Gasteiger partial charge in [0.1, 0.15) is 23.0 Å². The summed E-state index contributed by atoms with van der Waals surface area (Å²) in [6.45, 7) is 24.6. The zero-order valence-corrected chi connectivity index (χ0v) is 54.5. The zero-order chi connectivity index (χ0) is 63.9. The van der Waals surface area contributed by atoms with Crippen LogP contribution >= 0.6 is 0 Å². The second kappa shape index (κ2) is 25.3. The third kappa shape index (κ3) is 10.7. The molecule has 12 nitrogen and oxygen atoms in total. The molecule has 0 bridgehead atoms. The number of nitrogens with zero attached hydrogens (tertiary/aromatic N) is 4. The Morgan fingerprint density at radius 3 is 1.10 bits per heavy atom. The fourth-order valence-corrected chi connectivity index (χ4v) is 14.0. The van der Waals surface area contributed by atoms with Crippen molar-refractivity contribution in [1.82, 2.24) is 0 Å². The second-order valence-electron chi connectivity index (χ2n) is 25.3. The van der Waals surface area contributed by atoms with Crippen LogP contribution in [-0.2, 0) is 35.7 Å². The first-order chi connectivity index (χ1) is 44.1. The predicted octanol–water partition coefficient (Wildman–Crippen LogP) is 18.7. The van der Waals surface area contributed by atoms with E-state index in [9.17, 15) is 19.2 Å². The highest BCUT2D eigenvalue weighted by atomic mass is 16.6. The summed E-state index contributed by atoms with van der Waals surface area (Å²) in [6.07, 6.45) is 9.06. The number of carbonyl (C=O) groups is 4. The van der Waals surface area contributed by atoms with Crippen molar-refractivity contribution in [2.24, 2.45) is 0 Å². The topological polar surface area (TPSA) is 118 Å². The first kappa shape index (κ1) is 62.1. The van der Waals surface area contributed by atoms with Crippen LogP contribution in [0.1, 0.15) is 196 Å². The van der Waals surface area contributed by atoms with Crippen LogP contribution in [0.15, 0.2) is 158 Å². The van der Waals surface area contributed by atoms with Crippen molar-refractivity contribution in [3.05, 3.63) is 224 Å². The first-order valence-corrected chi connectivity index (χ1v) is 33.0. The largest absolute Gasteiger partial charge is 0.456 e. The minimum absolute atomic E-state index is 0.104. The Labute approximate surface area is 536 Å². The smallest absolute Gasteiger partial charge is 0.340 e. The number of hydrogen-bond donors (Lipinski definition) is 0. The van der Waals surface area contributed by atoms with Crippen LogP contribution in [0.3, 0.4) is 0 Å². The van der Waals surface area contributed by atoms with Gasteiger partial charge in [-0.25, -0.2) is 9.59 Å². The van der Waals surface area contributed by atoms with Gasteiger partial charge in [0.25, 0.3) is 0 Å². The number of ether oxygens (including phenoxy) is 4. The molecule has 91 heavy (non-hydrogen) atoms. The first-order valence-electron chi connectivity index (χ1n) is 33.0. The number of esters is 2. The Morgan fingerprint density at radius 2 is 0.747 bits per heavy atom. The Hall–Kier alpha value is -9.16. The minimum Gasteiger partial charge on any atom is -0.456 e. The average Bonchev–Trinajstić information content (AvgIpc) is 1.65. The Morgan fingerprint density at radius 1 is 0.407 bits per heavy atom. The van der Waals surface area contributed by atoms with Crippen LogP contribution in [0.5, 0.6) is 23.0 Å². The molecule has 8 aromatic rings. The summed E-state index contributed by atoms with van der Waals surface area (Å²) in [4.78, 5) is 65.5. The molecule has 2 unspecified atom stereocenters. The van der Waals surface area contributed by atoms with Gasteiger partial charge in [-0.3, -0.25) is 19.4 Å². The lowest BCUT2D eigenvalue weighted by atomic mass is 9.77. The summed E-state index contributed by atoms with van der Waals surface area (Å²) in [5.41, 5.74) is 10.5. The maximum Gasteiger partial charge on any atom is 0.340 e. The Kier molecular flexibility index (Phi) is 17.2. The van der Waals surface area contributed by atoms with Gasteiger partial charge >= 0.3 is 11.9 Å². The molecular weight excluding hydrogens is 1130 g/mol. The number of fused-ring (bicyclic) bond motifs is 12. The molecule has 2 atom stereocenters. The van der Waals surface area contributed by atoms with E-state index in [2.05, 4.69) is 112 Å². The van der Waals surface area contributed by atoms with Crippen LogP contribution in [0.25, 0.3) is 0 Å². The Bertz CT molecular complexity index is 3840. The molecule has 8 aromatic carbocycles. The van der Waals surface area contributed by atoms with E-state index >= 15 is 0 Å². The van der Waals surface area contributed by atoms with E-state index in [1.54, 1.807) is 9.80 Å². The van der Waals surface area contributed by atoms with E-state index in [-0.39, 0.29) is 24.7 Å². The van der Waals surface area contributed by atoms with Gasteiger partial charge in [-0.2, -0.15) is 0 Å². The van der Waals surface area contributed by atoms with E-state index in [4.69, 9.17) is 18.9 Å². The highest BCUT2D eigenvalue weighted by Gasteiger charge is 2.56. The van der Waals surface area contributed by atoms with E-state index in [0.717, 1.165) is 133 Å². The lowest BCUT2D eigenvalue weighted by molar-refractivity contribution is -0.118. The van der Waals surface area contributed by atoms with Gasteiger partial charge in [0.05, 0.1) is 22.5 Å². The van der Waals surface area contributed by atoms with Crippen molar-refractivity contribution >= 4 is 57.9 Å². The summed E-state index contributed by atoms with van der Waals surface area (Å²) < 4.78 is 27.2. The average molecular weight is 1220 g/mol. The normalized spacial score (nSPS) is 16.3. The number of aryl methyl sites for hydroxylation is 2. The van der Waals surface area contributed by atoms with Crippen LogP contribution in [0.4, 0.5) is 34.1 Å². The second-order valence-corrected chi connectivity index (χ2v) is 25.3. The summed E-state index contributed by atoms with van der Waals surface area (Å²) in [5.74, 6) is 1.35. The number of benzene rings is 8. The van der Waals surface area contributed by atoms with Gasteiger partial charge in [-0.15, -0.1) is 0 Å². The summed E-state index contributed by atoms with van der Waals surface area (Å²) in [5, 5.41) is 0. The van der Waals surface area contributed by atoms with Crippen molar-refractivity contribution in [3.8, 4) is 23.0 Å². The highest BCUT2D eigenvalue weighted by molar-refractivity contribution is 6.04. The zero-order valence-electron chi connectivity index (χ0n) is 54.5. The van der Waals surface area contributed by atoms with Gasteiger partial charge in [-0.05, 0) is 147 Å². The lowest BCUT2D eigenvalue weighted by Gasteiger charge is -2.38.